The van der Waals surface area contributed by atoms with Gasteiger partial charge >= 0.3 is 0 Å². The normalized spacial score (nSPS) is 11.7. The minimum absolute atomic E-state index is 0.262. The molecule has 0 unspecified atom stereocenters. The highest BCUT2D eigenvalue weighted by atomic mass is 79.9. The van der Waals surface area contributed by atoms with Crippen molar-refractivity contribution in [3.05, 3.63) is 105 Å². The lowest BCUT2D eigenvalue weighted by Gasteiger charge is -2.41. The van der Waals surface area contributed by atoms with E-state index in [0.717, 1.165) is 23.5 Å². The average molecular weight is 538 g/mol. The van der Waals surface area contributed by atoms with Crippen LogP contribution in [0.2, 0.25) is 6.32 Å². The Morgan fingerprint density at radius 2 is 1.23 bits per heavy atom. The summed E-state index contributed by atoms with van der Waals surface area (Å²) in [7, 11) is 6.12. The largest absolute Gasteiger partial charge is 0.0886 e. The number of aryl methyl sites for hydroxylation is 4. The van der Waals surface area contributed by atoms with Gasteiger partial charge in [0.15, 0.2) is 0 Å². The Kier molecular flexibility index (Phi) is 8.27. The predicted octanol–water partition coefficient (Wildman–Crippen LogP) is 8.41. The van der Waals surface area contributed by atoms with Crippen LogP contribution in [0.3, 0.4) is 0 Å². The van der Waals surface area contributed by atoms with Crippen molar-refractivity contribution in [2.24, 2.45) is 0 Å². The van der Waals surface area contributed by atoms with Gasteiger partial charge in [-0.05, 0) is 73.1 Å². The first-order valence-electron chi connectivity index (χ1n) is 11.0. The van der Waals surface area contributed by atoms with Gasteiger partial charge in [0, 0.05) is 16.1 Å². The lowest BCUT2D eigenvalue weighted by Crippen LogP contribution is -2.34. The van der Waals surface area contributed by atoms with Crippen molar-refractivity contribution in [2.75, 3.05) is 0 Å². The van der Waals surface area contributed by atoms with Crippen molar-refractivity contribution in [1.29, 1.82) is 0 Å². The zero-order valence-electron chi connectivity index (χ0n) is 19.1. The summed E-state index contributed by atoms with van der Waals surface area (Å²) in [5.74, 6) is 0. The van der Waals surface area contributed by atoms with Gasteiger partial charge in [0.1, 0.15) is 0 Å². The maximum Gasteiger partial charge on any atom is 0.0653 e. The van der Waals surface area contributed by atoms with E-state index in [1.165, 1.54) is 50.1 Å². The summed E-state index contributed by atoms with van der Waals surface area (Å²) < 4.78 is 0. The maximum absolute atomic E-state index is 6.12. The number of hydrogen-bond acceptors (Lipinski definition) is 0. The van der Waals surface area contributed by atoms with E-state index in [1.807, 2.05) is 0 Å². The Morgan fingerprint density at radius 1 is 0.742 bits per heavy atom. The van der Waals surface area contributed by atoms with E-state index in [-0.39, 0.29) is 5.41 Å². The molecular weight excluding hydrogens is 507 g/mol. The predicted molar refractivity (Wildman–Crippen MR) is 143 cm³/mol. The van der Waals surface area contributed by atoms with E-state index < -0.39 is 0 Å². The molecule has 0 saturated carbocycles. The van der Waals surface area contributed by atoms with Crippen LogP contribution in [0, 0.1) is 27.7 Å². The fraction of sp³-hybridized carbons (Fsp3) is 0.357. The van der Waals surface area contributed by atoms with Crippen LogP contribution in [0.1, 0.15) is 62.9 Å². The molecule has 0 heterocycles. The van der Waals surface area contributed by atoms with Crippen LogP contribution >= 0.6 is 31.9 Å². The topological polar surface area (TPSA) is 0 Å². The van der Waals surface area contributed by atoms with Gasteiger partial charge in [-0.1, -0.05) is 110 Å². The molecule has 0 amide bonds. The standard InChI is InChI=1S/C28H31BBr2/c1-19-13-21(3)26(23(15-19)17-30)28(11-8-12-29,25-9-6-5-7-10-25)27-22(4)14-20(2)16-24(27)18-31/h5-7,9-10,13-16H,8,11-12,17-18H2,1-4H3. The molecule has 0 aliphatic heterocycles. The van der Waals surface area contributed by atoms with E-state index in [4.69, 9.17) is 7.85 Å². The average Bonchev–Trinajstić information content (AvgIpc) is 2.75. The number of halogens is 2. The third-order valence-corrected chi connectivity index (χ3v) is 7.50. The van der Waals surface area contributed by atoms with Gasteiger partial charge in [0.2, 0.25) is 0 Å². The van der Waals surface area contributed by atoms with Crippen LogP contribution < -0.4 is 0 Å². The minimum Gasteiger partial charge on any atom is -0.0886 e. The Morgan fingerprint density at radius 3 is 1.65 bits per heavy atom. The molecule has 0 fully saturated rings. The van der Waals surface area contributed by atoms with E-state index >= 15 is 0 Å². The van der Waals surface area contributed by atoms with Gasteiger partial charge in [-0.25, -0.2) is 0 Å². The van der Waals surface area contributed by atoms with Crippen LogP contribution in [-0.4, -0.2) is 7.85 Å². The molecule has 3 aromatic rings. The van der Waals surface area contributed by atoms with Crippen LogP contribution in [0.25, 0.3) is 0 Å². The van der Waals surface area contributed by atoms with Gasteiger partial charge in [0.05, 0.1) is 7.85 Å². The first-order valence-corrected chi connectivity index (χ1v) is 13.2. The molecule has 0 N–H and O–H groups in total. The van der Waals surface area contributed by atoms with Crippen molar-refractivity contribution in [2.45, 2.75) is 62.9 Å². The van der Waals surface area contributed by atoms with Crippen LogP contribution in [0.4, 0.5) is 0 Å². The molecule has 3 heteroatoms. The van der Waals surface area contributed by atoms with Crippen LogP contribution in [-0.2, 0) is 16.1 Å². The molecule has 2 radical (unpaired) electrons. The van der Waals surface area contributed by atoms with E-state index in [1.54, 1.807) is 0 Å². The summed E-state index contributed by atoms with van der Waals surface area (Å²) in [5, 5.41) is 1.66. The van der Waals surface area contributed by atoms with Crippen molar-refractivity contribution < 1.29 is 0 Å². The smallest absolute Gasteiger partial charge is 0.0653 e. The molecule has 0 bridgehead atoms. The Hall–Kier alpha value is -1.32. The summed E-state index contributed by atoms with van der Waals surface area (Å²) in [4.78, 5) is 0. The zero-order chi connectivity index (χ0) is 22.6. The van der Waals surface area contributed by atoms with Gasteiger partial charge in [-0.3, -0.25) is 0 Å². The molecule has 0 aromatic heterocycles. The monoisotopic (exact) mass is 536 g/mol. The van der Waals surface area contributed by atoms with Gasteiger partial charge in [-0.2, -0.15) is 0 Å². The number of benzene rings is 3. The molecule has 31 heavy (non-hydrogen) atoms. The van der Waals surface area contributed by atoms with Gasteiger partial charge in [0.25, 0.3) is 0 Å². The van der Waals surface area contributed by atoms with Crippen molar-refractivity contribution >= 4 is 39.7 Å². The molecule has 160 valence electrons. The van der Waals surface area contributed by atoms with Crippen LogP contribution in [0.5, 0.6) is 0 Å². The SMILES string of the molecule is [B]CCCC(c1ccccc1)(c1c(C)cc(C)cc1CBr)c1c(C)cc(C)cc1CBr. The number of hydrogen-bond donors (Lipinski definition) is 0. The molecule has 0 saturated heterocycles. The van der Waals surface area contributed by atoms with E-state index in [2.05, 4.69) is 114 Å². The van der Waals surface area contributed by atoms with Gasteiger partial charge in [-0.15, -0.1) is 0 Å². The summed E-state index contributed by atoms with van der Waals surface area (Å²) in [6.07, 6.45) is 2.61. The highest BCUT2D eigenvalue weighted by Gasteiger charge is 2.41. The molecule has 0 aliphatic rings. The number of alkyl halides is 2. The summed E-state index contributed by atoms with van der Waals surface area (Å²) >= 11 is 7.63. The van der Waals surface area contributed by atoms with E-state index in [9.17, 15) is 0 Å². The molecule has 0 nitrogen and oxygen atoms in total. The molecule has 0 aliphatic carbocycles. The summed E-state index contributed by atoms with van der Waals surface area (Å²) in [6, 6.07) is 20.4. The summed E-state index contributed by atoms with van der Waals surface area (Å²) in [5.41, 5.74) is 11.9. The zero-order valence-corrected chi connectivity index (χ0v) is 22.2. The maximum atomic E-state index is 6.12. The molecular formula is C28H31BBr2. The fourth-order valence-electron chi connectivity index (χ4n) is 5.44. The lowest BCUT2D eigenvalue weighted by molar-refractivity contribution is 0.537. The molecule has 0 spiro atoms. The van der Waals surface area contributed by atoms with Gasteiger partial charge < -0.3 is 0 Å². The highest BCUT2D eigenvalue weighted by Crippen LogP contribution is 2.49. The second kappa shape index (κ2) is 10.5. The molecule has 3 aromatic carbocycles. The second-order valence-electron chi connectivity index (χ2n) is 8.66. The molecule has 0 atom stereocenters. The summed E-state index contributed by atoms with van der Waals surface area (Å²) in [6.45, 7) is 8.92. The Bertz CT molecular complexity index is 981. The Balaban J connectivity index is 2.55. The highest BCUT2D eigenvalue weighted by molar-refractivity contribution is 9.08. The first-order chi connectivity index (χ1) is 14.9. The minimum atomic E-state index is -0.262. The van der Waals surface area contributed by atoms with Crippen molar-refractivity contribution in [3.63, 3.8) is 0 Å². The van der Waals surface area contributed by atoms with E-state index in [0.29, 0.717) is 6.32 Å². The van der Waals surface area contributed by atoms with Crippen molar-refractivity contribution in [1.82, 2.24) is 0 Å². The first kappa shape index (κ1) is 24.3. The van der Waals surface area contributed by atoms with Crippen molar-refractivity contribution in [3.8, 4) is 0 Å². The third kappa shape index (κ3) is 4.73. The Labute approximate surface area is 206 Å². The molecule has 3 rings (SSSR count). The third-order valence-electron chi connectivity index (χ3n) is 6.29. The number of rotatable bonds is 8. The second-order valence-corrected chi connectivity index (χ2v) is 9.78. The lowest BCUT2D eigenvalue weighted by atomic mass is 9.61. The van der Waals surface area contributed by atoms with Crippen LogP contribution in [0.15, 0.2) is 54.6 Å². The quantitative estimate of drug-likeness (QED) is 0.154. The fourth-order valence-corrected chi connectivity index (χ4v) is 6.33.